The standard InChI is InChI=1S/C23H20ClN3O4S/c1-29-17-10-8-16(9-11-17)26-23(32)27-25-14-15-7-12-20(21(13-15)30-2)31-22(28)18-5-3-4-6-19(18)24/h3-14H,1-2H3,(H2,26,27,32)/b25-14-. The van der Waals surface area contributed by atoms with Crippen LogP contribution in [0, 0.1) is 0 Å². The number of anilines is 1. The summed E-state index contributed by atoms with van der Waals surface area (Å²) in [7, 11) is 3.09. The summed E-state index contributed by atoms with van der Waals surface area (Å²) >= 11 is 11.3. The number of ether oxygens (including phenoxy) is 3. The minimum atomic E-state index is -0.577. The first-order chi connectivity index (χ1) is 15.5. The van der Waals surface area contributed by atoms with Crippen LogP contribution < -0.4 is 25.0 Å². The Morgan fingerprint density at radius 2 is 1.75 bits per heavy atom. The van der Waals surface area contributed by atoms with Crippen molar-refractivity contribution < 1.29 is 19.0 Å². The molecule has 3 aromatic rings. The number of hydrogen-bond acceptors (Lipinski definition) is 6. The Morgan fingerprint density at radius 1 is 1.00 bits per heavy atom. The predicted molar refractivity (Wildman–Crippen MR) is 129 cm³/mol. The molecule has 32 heavy (non-hydrogen) atoms. The minimum absolute atomic E-state index is 0.263. The van der Waals surface area contributed by atoms with Gasteiger partial charge in [-0.2, -0.15) is 5.10 Å². The third-order valence-electron chi connectivity index (χ3n) is 4.21. The van der Waals surface area contributed by atoms with E-state index in [-0.39, 0.29) is 11.3 Å². The first kappa shape index (κ1) is 23.1. The third kappa shape index (κ3) is 6.19. The van der Waals surface area contributed by atoms with Gasteiger partial charge in [-0.25, -0.2) is 4.79 Å². The van der Waals surface area contributed by atoms with E-state index in [0.29, 0.717) is 21.4 Å². The van der Waals surface area contributed by atoms with Gasteiger partial charge in [-0.05, 0) is 72.4 Å². The maximum atomic E-state index is 12.4. The fraction of sp³-hybridized carbons (Fsp3) is 0.0870. The second-order valence-electron chi connectivity index (χ2n) is 6.33. The number of carbonyl (C=O) groups excluding carboxylic acids is 1. The highest BCUT2D eigenvalue weighted by molar-refractivity contribution is 7.80. The van der Waals surface area contributed by atoms with Crippen LogP contribution in [0.2, 0.25) is 5.02 Å². The maximum Gasteiger partial charge on any atom is 0.345 e. The fourth-order valence-electron chi connectivity index (χ4n) is 2.63. The lowest BCUT2D eigenvalue weighted by molar-refractivity contribution is 0.0730. The molecule has 0 aromatic heterocycles. The first-order valence-electron chi connectivity index (χ1n) is 9.39. The summed E-state index contributed by atoms with van der Waals surface area (Å²) in [6, 6.07) is 19.0. The molecule has 164 valence electrons. The number of carbonyl (C=O) groups is 1. The van der Waals surface area contributed by atoms with E-state index in [0.717, 1.165) is 11.4 Å². The van der Waals surface area contributed by atoms with Crippen LogP contribution in [-0.2, 0) is 0 Å². The van der Waals surface area contributed by atoms with E-state index in [9.17, 15) is 4.79 Å². The highest BCUT2D eigenvalue weighted by Crippen LogP contribution is 2.29. The van der Waals surface area contributed by atoms with Crippen LogP contribution in [0.15, 0.2) is 71.8 Å². The zero-order chi connectivity index (χ0) is 22.9. The maximum absolute atomic E-state index is 12.4. The van der Waals surface area contributed by atoms with Gasteiger partial charge in [-0.15, -0.1) is 0 Å². The van der Waals surface area contributed by atoms with Gasteiger partial charge >= 0.3 is 5.97 Å². The van der Waals surface area contributed by atoms with Crippen molar-refractivity contribution in [1.29, 1.82) is 0 Å². The molecule has 0 saturated carbocycles. The number of nitrogens with one attached hydrogen (secondary N) is 2. The molecule has 0 aliphatic heterocycles. The van der Waals surface area contributed by atoms with Crippen LogP contribution in [0.3, 0.4) is 0 Å². The Kier molecular flexibility index (Phi) is 8.02. The van der Waals surface area contributed by atoms with Gasteiger partial charge in [0, 0.05) is 5.69 Å². The van der Waals surface area contributed by atoms with E-state index in [1.54, 1.807) is 55.8 Å². The van der Waals surface area contributed by atoms with Gasteiger partial charge in [-0.3, -0.25) is 5.43 Å². The van der Waals surface area contributed by atoms with Gasteiger partial charge in [0.1, 0.15) is 5.75 Å². The number of benzene rings is 3. The summed E-state index contributed by atoms with van der Waals surface area (Å²) in [6.45, 7) is 0. The van der Waals surface area contributed by atoms with E-state index >= 15 is 0 Å². The van der Waals surface area contributed by atoms with Gasteiger partial charge in [0.2, 0.25) is 0 Å². The van der Waals surface area contributed by atoms with Crippen molar-refractivity contribution in [3.05, 3.63) is 82.9 Å². The van der Waals surface area contributed by atoms with Crippen LogP contribution in [0.5, 0.6) is 17.2 Å². The summed E-state index contributed by atoms with van der Waals surface area (Å²) in [5, 5.41) is 7.76. The highest BCUT2D eigenvalue weighted by atomic mass is 35.5. The highest BCUT2D eigenvalue weighted by Gasteiger charge is 2.15. The van der Waals surface area contributed by atoms with E-state index in [1.165, 1.54) is 7.11 Å². The molecule has 0 saturated heterocycles. The molecule has 3 aromatic carbocycles. The van der Waals surface area contributed by atoms with Crippen molar-refractivity contribution in [2.75, 3.05) is 19.5 Å². The summed E-state index contributed by atoms with van der Waals surface area (Å²) in [5.74, 6) is 0.807. The Bertz CT molecular complexity index is 1140. The molecule has 2 N–H and O–H groups in total. The first-order valence-corrected chi connectivity index (χ1v) is 10.2. The van der Waals surface area contributed by atoms with Crippen LogP contribution in [0.1, 0.15) is 15.9 Å². The summed E-state index contributed by atoms with van der Waals surface area (Å²) in [4.78, 5) is 12.4. The van der Waals surface area contributed by atoms with Crippen molar-refractivity contribution in [2.24, 2.45) is 5.10 Å². The van der Waals surface area contributed by atoms with Crippen LogP contribution in [-0.4, -0.2) is 31.5 Å². The molecule has 0 spiro atoms. The number of hydrogen-bond donors (Lipinski definition) is 2. The molecule has 0 aliphatic rings. The van der Waals surface area contributed by atoms with Crippen molar-refractivity contribution >= 4 is 46.8 Å². The molecule has 7 nitrogen and oxygen atoms in total. The fourth-order valence-corrected chi connectivity index (χ4v) is 3.01. The van der Waals surface area contributed by atoms with Crippen molar-refractivity contribution in [3.63, 3.8) is 0 Å². The lowest BCUT2D eigenvalue weighted by Crippen LogP contribution is -2.23. The number of esters is 1. The largest absolute Gasteiger partial charge is 0.497 e. The minimum Gasteiger partial charge on any atom is -0.497 e. The number of methoxy groups -OCH3 is 2. The molecule has 0 amide bonds. The van der Waals surface area contributed by atoms with Gasteiger partial charge < -0.3 is 19.5 Å². The second kappa shape index (κ2) is 11.1. The van der Waals surface area contributed by atoms with E-state index < -0.39 is 5.97 Å². The van der Waals surface area contributed by atoms with Gasteiger partial charge in [0.05, 0.1) is 31.0 Å². The van der Waals surface area contributed by atoms with Gasteiger partial charge in [0.25, 0.3) is 0 Å². The average molecular weight is 470 g/mol. The molecule has 0 unspecified atom stereocenters. The van der Waals surface area contributed by atoms with Crippen LogP contribution >= 0.6 is 23.8 Å². The Labute approximate surface area is 195 Å². The number of thiocarbonyl (C=S) groups is 1. The summed E-state index contributed by atoms with van der Waals surface area (Å²) in [5.41, 5.74) is 4.51. The molecular formula is C23H20ClN3O4S. The monoisotopic (exact) mass is 469 g/mol. The van der Waals surface area contributed by atoms with Gasteiger partial charge in [-0.1, -0.05) is 23.7 Å². The molecule has 0 aliphatic carbocycles. The molecule has 9 heteroatoms. The number of hydrazone groups is 1. The van der Waals surface area contributed by atoms with Crippen molar-refractivity contribution in [3.8, 4) is 17.2 Å². The Morgan fingerprint density at radius 3 is 2.44 bits per heavy atom. The van der Waals surface area contributed by atoms with Crippen LogP contribution in [0.4, 0.5) is 5.69 Å². The molecule has 3 rings (SSSR count). The lowest BCUT2D eigenvalue weighted by atomic mass is 10.2. The Balaban J connectivity index is 1.61. The number of nitrogens with zero attached hydrogens (tertiary/aromatic N) is 1. The zero-order valence-corrected chi connectivity index (χ0v) is 18.9. The second-order valence-corrected chi connectivity index (χ2v) is 7.15. The normalized spacial score (nSPS) is 10.5. The Hall–Kier alpha value is -3.62. The molecular weight excluding hydrogens is 450 g/mol. The summed E-state index contributed by atoms with van der Waals surface area (Å²) < 4.78 is 15.9. The number of halogens is 1. The zero-order valence-electron chi connectivity index (χ0n) is 17.3. The third-order valence-corrected chi connectivity index (χ3v) is 4.73. The topological polar surface area (TPSA) is 81.2 Å². The molecule has 0 heterocycles. The van der Waals surface area contributed by atoms with Crippen LogP contribution in [0.25, 0.3) is 0 Å². The average Bonchev–Trinajstić information content (AvgIpc) is 2.80. The molecule has 0 radical (unpaired) electrons. The molecule has 0 fully saturated rings. The number of rotatable bonds is 7. The van der Waals surface area contributed by atoms with E-state index in [4.69, 9.17) is 38.0 Å². The lowest BCUT2D eigenvalue weighted by Gasteiger charge is -2.10. The van der Waals surface area contributed by atoms with Crippen molar-refractivity contribution in [1.82, 2.24) is 5.43 Å². The quantitative estimate of drug-likeness (QED) is 0.167. The summed E-state index contributed by atoms with van der Waals surface area (Å²) in [6.07, 6.45) is 1.56. The molecule has 0 atom stereocenters. The smallest absolute Gasteiger partial charge is 0.345 e. The molecule has 0 bridgehead atoms. The van der Waals surface area contributed by atoms with Crippen molar-refractivity contribution in [2.45, 2.75) is 0 Å². The predicted octanol–water partition coefficient (Wildman–Crippen LogP) is 4.90. The van der Waals surface area contributed by atoms with Gasteiger partial charge in [0.15, 0.2) is 16.6 Å². The van der Waals surface area contributed by atoms with E-state index in [1.807, 2.05) is 24.3 Å². The SMILES string of the molecule is COc1ccc(NC(=S)N/N=C\c2ccc(OC(=O)c3ccccc3Cl)c(OC)c2)cc1. The van der Waals surface area contributed by atoms with E-state index in [2.05, 4.69) is 15.8 Å².